The van der Waals surface area contributed by atoms with Gasteiger partial charge >= 0.3 is 0 Å². The molecule has 1 amide bonds. The molecule has 2 heterocycles. The molecule has 0 saturated heterocycles. The second-order valence-electron chi connectivity index (χ2n) is 6.75. The summed E-state index contributed by atoms with van der Waals surface area (Å²) in [5.74, 6) is -0.450. The van der Waals surface area contributed by atoms with Crippen LogP contribution in [0.25, 0.3) is 20.7 Å². The monoisotopic (exact) mass is 498 g/mol. The van der Waals surface area contributed by atoms with E-state index in [1.807, 2.05) is 37.3 Å². The Labute approximate surface area is 188 Å². The third-order valence-electron chi connectivity index (χ3n) is 4.70. The highest BCUT2D eigenvalue weighted by Gasteiger charge is 2.17. The Hall–Kier alpha value is -3.37. The number of thiophene rings is 1. The van der Waals surface area contributed by atoms with Crippen LogP contribution in [-0.4, -0.2) is 20.4 Å². The zero-order valence-electron chi connectivity index (χ0n) is 16.2. The smallest absolute Gasteiger partial charge is 0.270 e. The predicted octanol–water partition coefficient (Wildman–Crippen LogP) is 4.74. The average molecular weight is 499 g/mol. The lowest BCUT2D eigenvalue weighted by Crippen LogP contribution is -2.28. The fourth-order valence-corrected chi connectivity index (χ4v) is 4.81. The van der Waals surface area contributed by atoms with Crippen LogP contribution in [0.4, 0.5) is 11.4 Å². The molecule has 0 radical (unpaired) electrons. The van der Waals surface area contributed by atoms with Crippen molar-refractivity contribution >= 4 is 54.8 Å². The number of rotatable bonds is 5. The topological polar surface area (TPSA) is 107 Å². The maximum absolute atomic E-state index is 13.0. The molecule has 10 heteroatoms. The van der Waals surface area contributed by atoms with Crippen molar-refractivity contribution in [2.75, 3.05) is 5.32 Å². The van der Waals surface area contributed by atoms with Gasteiger partial charge in [-0.05, 0) is 40.0 Å². The zero-order valence-corrected chi connectivity index (χ0v) is 18.6. The van der Waals surface area contributed by atoms with Crippen LogP contribution in [0, 0.1) is 17.0 Å². The lowest BCUT2D eigenvalue weighted by atomic mass is 10.1. The number of nitrogens with one attached hydrogen (secondary N) is 1. The fraction of sp³-hybridized carbons (Fsp3) is 0.0952. The van der Waals surface area contributed by atoms with Crippen LogP contribution < -0.4 is 10.9 Å². The van der Waals surface area contributed by atoms with E-state index in [1.54, 1.807) is 0 Å². The first-order valence-corrected chi connectivity index (χ1v) is 10.7. The summed E-state index contributed by atoms with van der Waals surface area (Å²) in [6, 6.07) is 13.8. The molecule has 2 aromatic carbocycles. The van der Waals surface area contributed by atoms with Gasteiger partial charge in [0.1, 0.15) is 11.4 Å². The van der Waals surface area contributed by atoms with Gasteiger partial charge < -0.3 is 5.32 Å². The number of halogens is 1. The van der Waals surface area contributed by atoms with Crippen molar-refractivity contribution in [3.63, 3.8) is 0 Å². The average Bonchev–Trinajstić information content (AvgIpc) is 3.09. The molecule has 1 N–H and O–H groups in total. The van der Waals surface area contributed by atoms with Crippen LogP contribution in [0.1, 0.15) is 5.56 Å². The van der Waals surface area contributed by atoms with Crippen molar-refractivity contribution < 1.29 is 9.72 Å². The SMILES string of the molecule is Cc1c(-c2ccccc2)sc2ncn(CC(=O)Nc3ccc([N+](=O)[O-])cc3Br)c(=O)c12. The Kier molecular flexibility index (Phi) is 5.66. The zero-order chi connectivity index (χ0) is 22.1. The summed E-state index contributed by atoms with van der Waals surface area (Å²) in [4.78, 5) is 41.8. The van der Waals surface area contributed by atoms with Crippen molar-refractivity contribution in [2.24, 2.45) is 0 Å². The number of aryl methyl sites for hydroxylation is 1. The molecule has 0 atom stereocenters. The summed E-state index contributed by atoms with van der Waals surface area (Å²) in [7, 11) is 0. The first-order chi connectivity index (χ1) is 14.8. The number of fused-ring (bicyclic) bond motifs is 1. The Morgan fingerprint density at radius 3 is 2.68 bits per heavy atom. The molecule has 31 heavy (non-hydrogen) atoms. The van der Waals surface area contributed by atoms with Crippen molar-refractivity contribution in [1.29, 1.82) is 0 Å². The van der Waals surface area contributed by atoms with Crippen molar-refractivity contribution in [3.8, 4) is 10.4 Å². The molecule has 0 aliphatic heterocycles. The van der Waals surface area contributed by atoms with E-state index in [-0.39, 0.29) is 17.8 Å². The minimum atomic E-state index is -0.524. The molecule has 0 bridgehead atoms. The van der Waals surface area contributed by atoms with E-state index < -0.39 is 10.8 Å². The molecule has 0 unspecified atom stereocenters. The quantitative estimate of drug-likeness (QED) is 0.315. The van der Waals surface area contributed by atoms with Crippen LogP contribution in [-0.2, 0) is 11.3 Å². The van der Waals surface area contributed by atoms with E-state index >= 15 is 0 Å². The summed E-state index contributed by atoms with van der Waals surface area (Å²) < 4.78 is 1.63. The number of nitro groups is 1. The third-order valence-corrected chi connectivity index (χ3v) is 6.61. The number of nitrogens with zero attached hydrogens (tertiary/aromatic N) is 3. The number of amides is 1. The summed E-state index contributed by atoms with van der Waals surface area (Å²) in [5.41, 5.74) is 1.82. The number of carbonyl (C=O) groups is 1. The molecule has 0 spiro atoms. The Bertz CT molecular complexity index is 1380. The minimum absolute atomic E-state index is 0.0992. The molecule has 2 aromatic heterocycles. The van der Waals surface area contributed by atoms with Crippen LogP contribution in [0.2, 0.25) is 0 Å². The number of anilines is 1. The molecule has 8 nitrogen and oxygen atoms in total. The van der Waals surface area contributed by atoms with Crippen LogP contribution >= 0.6 is 27.3 Å². The number of hydrogen-bond donors (Lipinski definition) is 1. The van der Waals surface area contributed by atoms with Crippen LogP contribution in [0.5, 0.6) is 0 Å². The highest BCUT2D eigenvalue weighted by molar-refractivity contribution is 9.10. The van der Waals surface area contributed by atoms with E-state index in [4.69, 9.17) is 0 Å². The fourth-order valence-electron chi connectivity index (χ4n) is 3.20. The summed E-state index contributed by atoms with van der Waals surface area (Å²) in [6.07, 6.45) is 1.36. The Morgan fingerprint density at radius 1 is 1.26 bits per heavy atom. The van der Waals surface area contributed by atoms with Crippen molar-refractivity contribution in [3.05, 3.63) is 85.4 Å². The molecule has 4 rings (SSSR count). The summed E-state index contributed by atoms with van der Waals surface area (Å²) in [6.45, 7) is 1.64. The predicted molar refractivity (Wildman–Crippen MR) is 123 cm³/mol. The molecule has 156 valence electrons. The van der Waals surface area contributed by atoms with Gasteiger partial charge in [-0.2, -0.15) is 0 Å². The van der Waals surface area contributed by atoms with E-state index in [2.05, 4.69) is 26.2 Å². The molecule has 0 fully saturated rings. The standard InChI is InChI=1S/C21H15BrN4O4S/c1-12-18-20(31-19(12)13-5-3-2-4-6-13)23-11-25(21(18)28)10-17(27)24-16-8-7-14(26(29)30)9-15(16)22/h2-9,11H,10H2,1H3,(H,24,27). The molecule has 0 saturated carbocycles. The van der Waals surface area contributed by atoms with Gasteiger partial charge in [0, 0.05) is 21.5 Å². The minimum Gasteiger partial charge on any atom is -0.323 e. The molecule has 4 aromatic rings. The van der Waals surface area contributed by atoms with E-state index in [0.29, 0.717) is 20.4 Å². The van der Waals surface area contributed by atoms with Crippen LogP contribution in [0.15, 0.2) is 64.1 Å². The largest absolute Gasteiger partial charge is 0.323 e. The van der Waals surface area contributed by atoms with Crippen LogP contribution in [0.3, 0.4) is 0 Å². The normalized spacial score (nSPS) is 10.9. The number of nitro benzene ring substituents is 1. The van der Waals surface area contributed by atoms with Crippen molar-refractivity contribution in [1.82, 2.24) is 9.55 Å². The highest BCUT2D eigenvalue weighted by Crippen LogP contribution is 2.35. The van der Waals surface area contributed by atoms with Gasteiger partial charge in [0.15, 0.2) is 0 Å². The lowest BCUT2D eigenvalue weighted by molar-refractivity contribution is -0.384. The van der Waals surface area contributed by atoms with Gasteiger partial charge in [-0.1, -0.05) is 30.3 Å². The van der Waals surface area contributed by atoms with Gasteiger partial charge in [0.25, 0.3) is 11.2 Å². The number of aromatic nitrogens is 2. The second kappa shape index (κ2) is 8.40. The number of carbonyl (C=O) groups excluding carboxylic acids is 1. The maximum atomic E-state index is 13.0. The first kappa shape index (κ1) is 20.9. The van der Waals surface area contributed by atoms with Gasteiger partial charge in [-0.25, -0.2) is 4.98 Å². The first-order valence-electron chi connectivity index (χ1n) is 9.13. The number of hydrogen-bond acceptors (Lipinski definition) is 6. The van der Waals surface area contributed by atoms with Gasteiger partial charge in [-0.15, -0.1) is 11.3 Å². The molecular weight excluding hydrogens is 484 g/mol. The highest BCUT2D eigenvalue weighted by atomic mass is 79.9. The second-order valence-corrected chi connectivity index (χ2v) is 8.60. The number of benzene rings is 2. The summed E-state index contributed by atoms with van der Waals surface area (Å²) in [5, 5.41) is 14.0. The molecule has 0 aliphatic rings. The Balaban J connectivity index is 1.61. The van der Waals surface area contributed by atoms with E-state index in [1.165, 1.54) is 40.4 Å². The summed E-state index contributed by atoms with van der Waals surface area (Å²) >= 11 is 4.65. The molecular formula is C21H15BrN4O4S. The number of non-ortho nitro benzene ring substituents is 1. The van der Waals surface area contributed by atoms with Gasteiger partial charge in [0.2, 0.25) is 5.91 Å². The van der Waals surface area contributed by atoms with E-state index in [9.17, 15) is 19.7 Å². The maximum Gasteiger partial charge on any atom is 0.270 e. The van der Waals surface area contributed by atoms with Crippen molar-refractivity contribution in [2.45, 2.75) is 13.5 Å². The van der Waals surface area contributed by atoms with Gasteiger partial charge in [0.05, 0.1) is 22.3 Å². The lowest BCUT2D eigenvalue weighted by Gasteiger charge is -2.09. The molecule has 0 aliphatic carbocycles. The Morgan fingerprint density at radius 2 is 2.00 bits per heavy atom. The van der Waals surface area contributed by atoms with E-state index in [0.717, 1.165) is 16.0 Å². The third kappa shape index (κ3) is 4.12. The van der Waals surface area contributed by atoms with Gasteiger partial charge in [-0.3, -0.25) is 24.3 Å².